The molecule has 0 amide bonds. The number of rotatable bonds is 18. The SMILES string of the molecule is BrCC(CBr)(CBr)COCCOCCOCCOC(c1ccccc1)(c1ccccc1)c1ccccc1. The molecule has 0 radical (unpaired) electrons. The van der Waals surface area contributed by atoms with Crippen LogP contribution in [0.1, 0.15) is 16.7 Å². The summed E-state index contributed by atoms with van der Waals surface area (Å²) in [6.45, 7) is 3.71. The molecule has 0 N–H and O–H groups in total. The zero-order chi connectivity index (χ0) is 26.2. The van der Waals surface area contributed by atoms with Crippen LogP contribution in [0.25, 0.3) is 0 Å². The van der Waals surface area contributed by atoms with Crippen LogP contribution in [-0.2, 0) is 24.5 Å². The molecule has 3 rings (SSSR count). The first-order chi connectivity index (χ1) is 18.2. The van der Waals surface area contributed by atoms with Crippen LogP contribution < -0.4 is 0 Å². The van der Waals surface area contributed by atoms with Crippen molar-refractivity contribution in [2.75, 3.05) is 62.2 Å². The standard InChI is InChI=1S/C30H35Br3O4/c31-22-29(23-32,24-33)25-36-19-18-34-16-17-35-20-21-37-30(26-10-4-1-5-11-26,27-12-6-2-7-13-27)28-14-8-3-9-15-28/h1-15H,16-25H2. The van der Waals surface area contributed by atoms with E-state index >= 15 is 0 Å². The van der Waals surface area contributed by atoms with Crippen LogP contribution >= 0.6 is 47.8 Å². The van der Waals surface area contributed by atoms with Crippen molar-refractivity contribution in [2.24, 2.45) is 5.41 Å². The summed E-state index contributed by atoms with van der Waals surface area (Å²) in [5.74, 6) is 0. The molecule has 0 aromatic heterocycles. The highest BCUT2D eigenvalue weighted by Gasteiger charge is 2.37. The summed E-state index contributed by atoms with van der Waals surface area (Å²) in [4.78, 5) is 0. The van der Waals surface area contributed by atoms with Gasteiger partial charge in [-0.2, -0.15) is 0 Å². The van der Waals surface area contributed by atoms with Crippen LogP contribution in [0, 0.1) is 5.41 Å². The molecule has 0 aliphatic carbocycles. The normalized spacial score (nSPS) is 12.1. The monoisotopic (exact) mass is 696 g/mol. The summed E-state index contributed by atoms with van der Waals surface area (Å²) in [6.07, 6.45) is 0. The fourth-order valence-corrected chi connectivity index (χ4v) is 7.24. The van der Waals surface area contributed by atoms with Gasteiger partial charge in [0, 0.05) is 21.4 Å². The quantitative estimate of drug-likeness (QED) is 0.0800. The maximum Gasteiger partial charge on any atom is 0.143 e. The molecule has 3 aromatic carbocycles. The molecular weight excluding hydrogens is 664 g/mol. The van der Waals surface area contributed by atoms with Gasteiger partial charge in [0.25, 0.3) is 0 Å². The van der Waals surface area contributed by atoms with E-state index in [4.69, 9.17) is 18.9 Å². The van der Waals surface area contributed by atoms with Crippen molar-refractivity contribution in [1.29, 1.82) is 0 Å². The molecule has 0 aliphatic heterocycles. The highest BCUT2D eigenvalue weighted by Crippen LogP contribution is 2.40. The van der Waals surface area contributed by atoms with E-state index in [1.807, 2.05) is 18.2 Å². The van der Waals surface area contributed by atoms with Crippen molar-refractivity contribution in [3.63, 3.8) is 0 Å². The lowest BCUT2D eigenvalue weighted by Crippen LogP contribution is -2.34. The van der Waals surface area contributed by atoms with Crippen molar-refractivity contribution >= 4 is 47.8 Å². The molecule has 0 fully saturated rings. The van der Waals surface area contributed by atoms with E-state index in [1.54, 1.807) is 0 Å². The average molecular weight is 699 g/mol. The third-order valence-corrected chi connectivity index (χ3v) is 9.66. The van der Waals surface area contributed by atoms with Gasteiger partial charge in [0.1, 0.15) is 5.60 Å². The highest BCUT2D eigenvalue weighted by molar-refractivity contribution is 9.10. The third-order valence-electron chi connectivity index (χ3n) is 6.09. The number of hydrogen-bond donors (Lipinski definition) is 0. The second-order valence-corrected chi connectivity index (χ2v) is 10.5. The molecular formula is C30H35Br3O4. The molecule has 0 saturated heterocycles. The number of alkyl halides is 3. The van der Waals surface area contributed by atoms with Gasteiger partial charge >= 0.3 is 0 Å². The van der Waals surface area contributed by atoms with E-state index in [-0.39, 0.29) is 5.41 Å². The summed E-state index contributed by atoms with van der Waals surface area (Å²) < 4.78 is 24.0. The minimum Gasteiger partial charge on any atom is -0.378 e. The lowest BCUT2D eigenvalue weighted by Gasteiger charge is -2.36. The summed E-state index contributed by atoms with van der Waals surface area (Å²) in [5.41, 5.74) is 2.58. The van der Waals surface area contributed by atoms with Crippen molar-refractivity contribution in [2.45, 2.75) is 5.60 Å². The van der Waals surface area contributed by atoms with Crippen LogP contribution in [0.15, 0.2) is 91.0 Å². The molecule has 0 saturated carbocycles. The predicted octanol–water partition coefficient (Wildman–Crippen LogP) is 7.22. The first kappa shape index (κ1) is 30.5. The van der Waals surface area contributed by atoms with Gasteiger partial charge in [-0.3, -0.25) is 0 Å². The summed E-state index contributed by atoms with van der Waals surface area (Å²) in [5, 5.41) is 2.61. The fraction of sp³-hybridized carbons (Fsp3) is 0.400. The minimum atomic E-state index is -0.727. The maximum absolute atomic E-state index is 6.71. The molecule has 0 heterocycles. The molecule has 3 aromatic rings. The number of halogens is 3. The molecule has 0 aliphatic rings. The smallest absolute Gasteiger partial charge is 0.143 e. The first-order valence-corrected chi connectivity index (χ1v) is 15.8. The molecule has 200 valence electrons. The zero-order valence-corrected chi connectivity index (χ0v) is 25.8. The van der Waals surface area contributed by atoms with E-state index in [1.165, 1.54) is 0 Å². The van der Waals surface area contributed by atoms with Crippen molar-refractivity contribution in [1.82, 2.24) is 0 Å². The number of hydrogen-bond acceptors (Lipinski definition) is 4. The van der Waals surface area contributed by atoms with Crippen LogP contribution in [0.2, 0.25) is 0 Å². The van der Waals surface area contributed by atoms with E-state index in [0.717, 1.165) is 32.7 Å². The molecule has 7 heteroatoms. The molecule has 37 heavy (non-hydrogen) atoms. The van der Waals surface area contributed by atoms with Gasteiger partial charge in [-0.1, -0.05) is 139 Å². The summed E-state index contributed by atoms with van der Waals surface area (Å²) in [7, 11) is 0. The Hall–Kier alpha value is -1.06. The Balaban J connectivity index is 1.50. The topological polar surface area (TPSA) is 36.9 Å². The van der Waals surface area contributed by atoms with Crippen molar-refractivity contribution in [3.8, 4) is 0 Å². The minimum absolute atomic E-state index is 0.0532. The molecule has 0 unspecified atom stereocenters. The Bertz CT molecular complexity index is 881. The van der Waals surface area contributed by atoms with Crippen LogP contribution in [0.4, 0.5) is 0 Å². The largest absolute Gasteiger partial charge is 0.378 e. The predicted molar refractivity (Wildman–Crippen MR) is 161 cm³/mol. The van der Waals surface area contributed by atoms with E-state index < -0.39 is 5.60 Å². The van der Waals surface area contributed by atoms with Gasteiger partial charge in [-0.25, -0.2) is 0 Å². The average Bonchev–Trinajstić information content (AvgIpc) is 2.98. The van der Waals surface area contributed by atoms with Gasteiger partial charge < -0.3 is 18.9 Å². The third kappa shape index (κ3) is 8.72. The van der Waals surface area contributed by atoms with Crippen molar-refractivity contribution < 1.29 is 18.9 Å². The number of benzene rings is 3. The van der Waals surface area contributed by atoms with Gasteiger partial charge in [0.2, 0.25) is 0 Å². The lowest BCUT2D eigenvalue weighted by atomic mass is 9.80. The Kier molecular flexibility index (Phi) is 13.8. The van der Waals surface area contributed by atoms with Gasteiger partial charge in [-0.15, -0.1) is 0 Å². The van der Waals surface area contributed by atoms with E-state index in [2.05, 4.69) is 121 Å². The number of ether oxygens (including phenoxy) is 4. The van der Waals surface area contributed by atoms with Crippen molar-refractivity contribution in [3.05, 3.63) is 108 Å². The molecule has 0 spiro atoms. The molecule has 4 nitrogen and oxygen atoms in total. The van der Waals surface area contributed by atoms with Crippen LogP contribution in [0.3, 0.4) is 0 Å². The van der Waals surface area contributed by atoms with Gasteiger partial charge in [0.15, 0.2) is 0 Å². The van der Waals surface area contributed by atoms with Gasteiger partial charge in [0.05, 0.1) is 46.2 Å². The Morgan fingerprint density at radius 1 is 0.459 bits per heavy atom. The molecule has 0 atom stereocenters. The summed E-state index contributed by atoms with van der Waals surface area (Å²) in [6, 6.07) is 31.1. The second kappa shape index (κ2) is 16.8. The first-order valence-electron chi connectivity index (χ1n) is 12.4. The highest BCUT2D eigenvalue weighted by atomic mass is 79.9. The Labute approximate surface area is 246 Å². The zero-order valence-electron chi connectivity index (χ0n) is 21.0. The maximum atomic E-state index is 6.71. The lowest BCUT2D eigenvalue weighted by molar-refractivity contribution is -0.0383. The van der Waals surface area contributed by atoms with Gasteiger partial charge in [-0.05, 0) is 16.7 Å². The Morgan fingerprint density at radius 2 is 0.811 bits per heavy atom. The Morgan fingerprint density at radius 3 is 1.19 bits per heavy atom. The van der Waals surface area contributed by atoms with E-state index in [9.17, 15) is 0 Å². The van der Waals surface area contributed by atoms with Crippen LogP contribution in [-0.4, -0.2) is 62.2 Å². The van der Waals surface area contributed by atoms with E-state index in [0.29, 0.717) is 46.2 Å². The molecule has 0 bridgehead atoms. The fourth-order valence-electron chi connectivity index (χ4n) is 3.97. The summed E-state index contributed by atoms with van der Waals surface area (Å²) >= 11 is 10.7. The second-order valence-electron chi connectivity index (χ2n) is 8.81. The van der Waals surface area contributed by atoms with Crippen LogP contribution in [0.5, 0.6) is 0 Å².